The van der Waals surface area contributed by atoms with Gasteiger partial charge in [-0.15, -0.1) is 5.10 Å². The van der Waals surface area contributed by atoms with Crippen LogP contribution in [0.5, 0.6) is 0 Å². The van der Waals surface area contributed by atoms with Gasteiger partial charge in [0.15, 0.2) is 5.82 Å². The maximum atomic E-state index is 10.8. The largest absolute Gasteiger partial charge is 0.478 e. The summed E-state index contributed by atoms with van der Waals surface area (Å²) in [6, 6.07) is 1.59. The van der Waals surface area contributed by atoms with E-state index in [1.54, 1.807) is 6.07 Å². The minimum Gasteiger partial charge on any atom is -0.478 e. The average molecular weight is 221 g/mol. The number of hydrogen-bond donors (Lipinski definition) is 1. The van der Waals surface area contributed by atoms with Crippen molar-refractivity contribution in [3.63, 3.8) is 0 Å². The topological polar surface area (TPSA) is 66.3 Å². The average Bonchev–Trinajstić information content (AvgIpc) is 2.29. The second kappa shape index (κ2) is 4.47. The molecule has 1 atom stereocenters. The van der Waals surface area contributed by atoms with Gasteiger partial charge in [0.2, 0.25) is 0 Å². The first-order valence-electron chi connectivity index (χ1n) is 5.48. The fraction of sp³-hybridized carbons (Fsp3) is 0.545. The summed E-state index contributed by atoms with van der Waals surface area (Å²) in [5.74, 6) is 0.344. The van der Waals surface area contributed by atoms with Crippen molar-refractivity contribution in [1.82, 2.24) is 10.2 Å². The molecular weight excluding hydrogens is 206 g/mol. The van der Waals surface area contributed by atoms with E-state index < -0.39 is 5.97 Å². The van der Waals surface area contributed by atoms with E-state index in [1.807, 2.05) is 0 Å². The van der Waals surface area contributed by atoms with Gasteiger partial charge in [-0.2, -0.15) is 5.10 Å². The van der Waals surface area contributed by atoms with Crippen LogP contribution in [0.1, 0.15) is 30.1 Å². The van der Waals surface area contributed by atoms with E-state index in [-0.39, 0.29) is 5.56 Å². The molecule has 0 unspecified atom stereocenters. The Morgan fingerprint density at radius 3 is 3.12 bits per heavy atom. The normalized spacial score (nSPS) is 20.8. The summed E-state index contributed by atoms with van der Waals surface area (Å²) in [4.78, 5) is 12.9. The Morgan fingerprint density at radius 2 is 2.44 bits per heavy atom. The summed E-state index contributed by atoms with van der Waals surface area (Å²) in [7, 11) is 0. The molecule has 5 nitrogen and oxygen atoms in total. The highest BCUT2D eigenvalue weighted by atomic mass is 16.4. The number of rotatable bonds is 2. The zero-order valence-electron chi connectivity index (χ0n) is 9.26. The lowest BCUT2D eigenvalue weighted by Gasteiger charge is -2.31. The zero-order valence-corrected chi connectivity index (χ0v) is 9.26. The SMILES string of the molecule is C[C@@H]1CCCN(c2cc(C(=O)O)cnn2)C1. The van der Waals surface area contributed by atoms with Crippen molar-refractivity contribution in [3.05, 3.63) is 17.8 Å². The van der Waals surface area contributed by atoms with Gasteiger partial charge in [0.25, 0.3) is 0 Å². The molecule has 86 valence electrons. The summed E-state index contributed by atoms with van der Waals surface area (Å²) < 4.78 is 0. The minimum atomic E-state index is -0.957. The summed E-state index contributed by atoms with van der Waals surface area (Å²) >= 11 is 0. The van der Waals surface area contributed by atoms with E-state index in [1.165, 1.54) is 12.6 Å². The van der Waals surface area contributed by atoms with E-state index in [2.05, 4.69) is 22.0 Å². The van der Waals surface area contributed by atoms with Crippen molar-refractivity contribution >= 4 is 11.8 Å². The summed E-state index contributed by atoms with van der Waals surface area (Å²) in [6.07, 6.45) is 3.63. The Labute approximate surface area is 94.1 Å². The third-order valence-electron chi connectivity index (χ3n) is 2.87. The fourth-order valence-electron chi connectivity index (χ4n) is 2.02. The Kier molecular flexibility index (Phi) is 3.03. The van der Waals surface area contributed by atoms with Gasteiger partial charge in [-0.25, -0.2) is 4.79 Å². The Hall–Kier alpha value is -1.65. The smallest absolute Gasteiger partial charge is 0.337 e. The fourth-order valence-corrected chi connectivity index (χ4v) is 2.02. The molecule has 1 fully saturated rings. The standard InChI is InChI=1S/C11H15N3O2/c1-8-3-2-4-14(7-8)10-5-9(11(15)16)6-12-13-10/h5-6,8H,2-4,7H2,1H3,(H,15,16)/t8-/m1/s1. The van der Waals surface area contributed by atoms with Crippen LogP contribution in [-0.4, -0.2) is 34.4 Å². The van der Waals surface area contributed by atoms with Crippen molar-refractivity contribution in [1.29, 1.82) is 0 Å². The number of carbonyl (C=O) groups is 1. The van der Waals surface area contributed by atoms with E-state index in [0.717, 1.165) is 19.5 Å². The lowest BCUT2D eigenvalue weighted by Crippen LogP contribution is -2.35. The molecule has 0 bridgehead atoms. The van der Waals surface area contributed by atoms with Crippen molar-refractivity contribution in [2.45, 2.75) is 19.8 Å². The molecule has 1 N–H and O–H groups in total. The molecule has 1 aliphatic rings. The molecule has 1 aromatic rings. The molecule has 1 aromatic heterocycles. The number of carboxylic acid groups (broad SMARTS) is 1. The van der Waals surface area contributed by atoms with E-state index in [9.17, 15) is 4.79 Å². The first-order valence-corrected chi connectivity index (χ1v) is 5.48. The molecule has 16 heavy (non-hydrogen) atoms. The molecule has 0 spiro atoms. The van der Waals surface area contributed by atoms with Crippen LogP contribution < -0.4 is 4.90 Å². The van der Waals surface area contributed by atoms with Crippen molar-refractivity contribution in [3.8, 4) is 0 Å². The third kappa shape index (κ3) is 2.29. The van der Waals surface area contributed by atoms with Crippen molar-refractivity contribution in [2.75, 3.05) is 18.0 Å². The van der Waals surface area contributed by atoms with Crippen molar-refractivity contribution < 1.29 is 9.90 Å². The molecule has 0 saturated carbocycles. The van der Waals surface area contributed by atoms with Crippen LogP contribution in [0.15, 0.2) is 12.3 Å². The number of carboxylic acids is 1. The second-order valence-corrected chi connectivity index (χ2v) is 4.30. The van der Waals surface area contributed by atoms with Crippen LogP contribution in [0.25, 0.3) is 0 Å². The molecule has 2 rings (SSSR count). The molecule has 0 aromatic carbocycles. The Balaban J connectivity index is 2.19. The molecule has 5 heteroatoms. The quantitative estimate of drug-likeness (QED) is 0.817. The van der Waals surface area contributed by atoms with E-state index in [4.69, 9.17) is 5.11 Å². The van der Waals surface area contributed by atoms with Crippen LogP contribution in [0, 0.1) is 5.92 Å². The molecule has 1 aliphatic heterocycles. The van der Waals surface area contributed by atoms with Gasteiger partial charge in [-0.05, 0) is 24.8 Å². The van der Waals surface area contributed by atoms with Gasteiger partial charge in [0.05, 0.1) is 11.8 Å². The molecule has 1 saturated heterocycles. The van der Waals surface area contributed by atoms with E-state index in [0.29, 0.717) is 11.7 Å². The first kappa shape index (κ1) is 10.9. The summed E-state index contributed by atoms with van der Waals surface area (Å²) in [5, 5.41) is 16.6. The molecule has 0 aliphatic carbocycles. The van der Waals surface area contributed by atoms with Gasteiger partial charge in [-0.3, -0.25) is 0 Å². The first-order chi connectivity index (χ1) is 7.66. The monoisotopic (exact) mass is 221 g/mol. The van der Waals surface area contributed by atoms with Gasteiger partial charge in [0.1, 0.15) is 0 Å². The lowest BCUT2D eigenvalue weighted by molar-refractivity contribution is 0.0696. The van der Waals surface area contributed by atoms with Crippen LogP contribution in [0.4, 0.5) is 5.82 Å². The number of aromatic carboxylic acids is 1. The summed E-state index contributed by atoms with van der Waals surface area (Å²) in [6.45, 7) is 4.06. The molecule has 0 radical (unpaired) electrons. The number of piperidine rings is 1. The maximum absolute atomic E-state index is 10.8. The minimum absolute atomic E-state index is 0.197. The lowest BCUT2D eigenvalue weighted by atomic mass is 10.0. The second-order valence-electron chi connectivity index (χ2n) is 4.30. The molecular formula is C11H15N3O2. The van der Waals surface area contributed by atoms with Crippen LogP contribution in [0.3, 0.4) is 0 Å². The summed E-state index contributed by atoms with van der Waals surface area (Å²) in [5.41, 5.74) is 0.197. The number of anilines is 1. The van der Waals surface area contributed by atoms with Crippen LogP contribution in [0.2, 0.25) is 0 Å². The number of aromatic nitrogens is 2. The number of nitrogens with zero attached hydrogens (tertiary/aromatic N) is 3. The van der Waals surface area contributed by atoms with Crippen LogP contribution >= 0.6 is 0 Å². The van der Waals surface area contributed by atoms with Gasteiger partial charge < -0.3 is 10.0 Å². The van der Waals surface area contributed by atoms with E-state index >= 15 is 0 Å². The van der Waals surface area contributed by atoms with Gasteiger partial charge >= 0.3 is 5.97 Å². The highest BCUT2D eigenvalue weighted by Gasteiger charge is 2.18. The highest BCUT2D eigenvalue weighted by molar-refractivity contribution is 5.87. The van der Waals surface area contributed by atoms with Crippen molar-refractivity contribution in [2.24, 2.45) is 5.92 Å². The highest BCUT2D eigenvalue weighted by Crippen LogP contribution is 2.21. The predicted molar refractivity (Wildman–Crippen MR) is 59.6 cm³/mol. The third-order valence-corrected chi connectivity index (χ3v) is 2.87. The maximum Gasteiger partial charge on any atom is 0.337 e. The predicted octanol–water partition coefficient (Wildman–Crippen LogP) is 1.41. The van der Waals surface area contributed by atoms with Gasteiger partial charge in [-0.1, -0.05) is 6.92 Å². The van der Waals surface area contributed by atoms with Crippen LogP contribution in [-0.2, 0) is 0 Å². The molecule has 0 amide bonds. The molecule has 2 heterocycles. The van der Waals surface area contributed by atoms with Gasteiger partial charge in [0, 0.05) is 13.1 Å². The Bertz CT molecular complexity index is 395. The Morgan fingerprint density at radius 1 is 1.62 bits per heavy atom. The zero-order chi connectivity index (χ0) is 11.5. The number of hydrogen-bond acceptors (Lipinski definition) is 4.